The van der Waals surface area contributed by atoms with Crippen LogP contribution in [0.3, 0.4) is 0 Å². The van der Waals surface area contributed by atoms with Gasteiger partial charge in [-0.05, 0) is 79.0 Å². The van der Waals surface area contributed by atoms with Crippen molar-refractivity contribution >= 4 is 39.9 Å². The summed E-state index contributed by atoms with van der Waals surface area (Å²) in [6.07, 6.45) is 2.77. The summed E-state index contributed by atoms with van der Waals surface area (Å²) in [4.78, 5) is 71.3. The summed E-state index contributed by atoms with van der Waals surface area (Å²) in [5.41, 5.74) is 1.81. The number of benzene rings is 1. The highest BCUT2D eigenvalue weighted by molar-refractivity contribution is 7.91. The molecule has 1 aromatic carbocycles. The van der Waals surface area contributed by atoms with E-state index in [9.17, 15) is 32.4 Å². The smallest absolute Gasteiger partial charge is 0.410 e. The second kappa shape index (κ2) is 14.4. The first kappa shape index (κ1) is 37.6. The number of alkyl carbamates (subject to hydrolysis) is 1. The van der Waals surface area contributed by atoms with E-state index in [1.54, 1.807) is 11.8 Å². The van der Waals surface area contributed by atoms with Crippen LogP contribution in [0.25, 0.3) is 0 Å². The molecule has 2 aliphatic carbocycles. The Labute approximate surface area is 305 Å². The van der Waals surface area contributed by atoms with E-state index in [-0.39, 0.29) is 37.3 Å². The van der Waals surface area contributed by atoms with Crippen LogP contribution in [0, 0.1) is 11.3 Å². The second-order valence-corrected chi connectivity index (χ2v) is 17.9. The van der Waals surface area contributed by atoms with E-state index in [1.165, 1.54) is 10.5 Å². The molecule has 3 aliphatic heterocycles. The zero-order valence-electron chi connectivity index (χ0n) is 30.5. The van der Waals surface area contributed by atoms with Gasteiger partial charge in [0.25, 0.3) is 5.91 Å². The normalized spacial score (nSPS) is 29.3. The molecule has 5 atom stereocenters. The Kier molecular flexibility index (Phi) is 10.4. The lowest BCUT2D eigenvalue weighted by Gasteiger charge is -2.30. The van der Waals surface area contributed by atoms with Crippen LogP contribution in [-0.2, 0) is 53.4 Å². The molecule has 0 radical (unpaired) electrons. The van der Waals surface area contributed by atoms with Gasteiger partial charge in [0.2, 0.25) is 21.8 Å². The number of sulfonamides is 1. The van der Waals surface area contributed by atoms with E-state index < -0.39 is 68.9 Å². The maximum Gasteiger partial charge on any atom is 0.410 e. The molecule has 3 heterocycles. The molecule has 5 aliphatic rings. The summed E-state index contributed by atoms with van der Waals surface area (Å²) < 4.78 is 39.0. The highest BCUT2D eigenvalue weighted by atomic mass is 32.2. The highest BCUT2D eigenvalue weighted by Gasteiger charge is 2.62. The van der Waals surface area contributed by atoms with Crippen molar-refractivity contribution in [3.63, 3.8) is 0 Å². The van der Waals surface area contributed by atoms with E-state index in [2.05, 4.69) is 28.0 Å². The van der Waals surface area contributed by atoms with Crippen LogP contribution < -0.4 is 15.4 Å². The van der Waals surface area contributed by atoms with Gasteiger partial charge in [0.1, 0.15) is 23.7 Å². The lowest BCUT2D eigenvalue weighted by molar-refractivity contribution is -0.140. The van der Waals surface area contributed by atoms with Crippen LogP contribution in [-0.4, -0.2) is 90.3 Å². The van der Waals surface area contributed by atoms with Crippen LogP contribution in [0.1, 0.15) is 95.8 Å². The Morgan fingerprint density at radius 1 is 1.10 bits per heavy atom. The fraction of sp³-hybridized carbons (Fsp3) is 0.649. The first-order valence-corrected chi connectivity index (χ1v) is 19.9. The molecule has 0 spiro atoms. The predicted molar refractivity (Wildman–Crippen MR) is 190 cm³/mol. The van der Waals surface area contributed by atoms with Crippen molar-refractivity contribution in [2.45, 2.75) is 128 Å². The van der Waals surface area contributed by atoms with Gasteiger partial charge in [-0.1, -0.05) is 58.4 Å². The fourth-order valence-electron chi connectivity index (χ4n) is 7.72. The van der Waals surface area contributed by atoms with E-state index >= 15 is 0 Å². The van der Waals surface area contributed by atoms with Crippen LogP contribution in [0.4, 0.5) is 9.59 Å². The average molecular weight is 742 g/mol. The average Bonchev–Trinajstić information content (AvgIpc) is 3.98. The van der Waals surface area contributed by atoms with Gasteiger partial charge < -0.3 is 25.0 Å². The second-order valence-electron chi connectivity index (χ2n) is 16.0. The number of cyclic esters (lactones) is 1. The minimum absolute atomic E-state index is 0.0776. The van der Waals surface area contributed by atoms with Gasteiger partial charge in [0.15, 0.2) is 0 Å². The molecule has 14 nitrogen and oxygen atoms in total. The number of carbonyl (C=O) groups excluding carboxylic acids is 5. The molecule has 1 aromatic rings. The zero-order valence-corrected chi connectivity index (χ0v) is 31.3. The molecule has 0 unspecified atom stereocenters. The van der Waals surface area contributed by atoms with Gasteiger partial charge >= 0.3 is 12.2 Å². The van der Waals surface area contributed by atoms with Crippen molar-refractivity contribution in [3.8, 4) is 0 Å². The number of nitrogens with one attached hydrogen (secondary N) is 3. The summed E-state index contributed by atoms with van der Waals surface area (Å²) >= 11 is 0. The van der Waals surface area contributed by atoms with Crippen LogP contribution in [0.2, 0.25) is 0 Å². The molecule has 52 heavy (non-hydrogen) atoms. The highest BCUT2D eigenvalue weighted by Crippen LogP contribution is 2.47. The number of hydrogen-bond acceptors (Lipinski definition) is 9. The fourth-order valence-corrected chi connectivity index (χ4v) is 9.08. The van der Waals surface area contributed by atoms with Gasteiger partial charge in [-0.15, -0.1) is 0 Å². The number of nitrogens with zero attached hydrogens (tertiary/aromatic N) is 2. The number of carbonyl (C=O) groups is 5. The lowest BCUT2D eigenvalue weighted by atomic mass is 9.87. The molecular weight excluding hydrogens is 690 g/mol. The minimum Gasteiger partial charge on any atom is -0.449 e. The predicted octanol–water partition coefficient (Wildman–Crippen LogP) is 3.43. The monoisotopic (exact) mass is 741 g/mol. The first-order valence-electron chi connectivity index (χ1n) is 18.4. The standard InChI is InChI=1S/C37H51N5O9S/c1-6-25-17-37(25,33(45)40-52(48,49)27-13-14-27)39-31(43)29-16-26-19-42(29)32(44)30(22(2)3)38-34(46)50-21-36(4,5)15-8-7-10-23-11-9-12-24-18-41(20-28(23)24)35(47)51-26/h9,11-12,25-27,29-30H,2,6-8,10,13-21H2,1,3-5H3,(H,38,46)(H,39,43)(H,40,45)/t25-,26-,29+,30+,37-/m1/s1. The number of ether oxygens (including phenoxy) is 2. The SMILES string of the molecule is C=C(C)[C@@H]1NC(=O)OCC(C)(C)CCCCc2cccc3c2CN(C3)C(=O)O[C@@H]2C[C@@H](C(=O)N[C@]3(C(=O)NS(=O)(=O)C4CC4)C[C@H]3CC)N(C2)C1=O. The number of rotatable bonds is 7. The summed E-state index contributed by atoms with van der Waals surface area (Å²) in [6, 6.07) is 3.61. The summed E-state index contributed by atoms with van der Waals surface area (Å²) in [6.45, 7) is 12.1. The third-order valence-electron chi connectivity index (χ3n) is 11.1. The molecule has 0 aromatic heterocycles. The summed E-state index contributed by atoms with van der Waals surface area (Å²) in [5.74, 6) is -2.47. The minimum atomic E-state index is -3.88. The molecule has 5 amide bonds. The van der Waals surface area contributed by atoms with Crippen molar-refractivity contribution in [2.75, 3.05) is 13.2 Å². The Hall–Kier alpha value is -4.14. The van der Waals surface area contributed by atoms with Crippen LogP contribution >= 0.6 is 0 Å². The number of amides is 5. The molecule has 15 heteroatoms. The van der Waals surface area contributed by atoms with Gasteiger partial charge in [0, 0.05) is 19.5 Å². The molecule has 3 fully saturated rings. The van der Waals surface area contributed by atoms with E-state index in [0.717, 1.165) is 36.8 Å². The first-order chi connectivity index (χ1) is 24.5. The third-order valence-corrected chi connectivity index (χ3v) is 13.0. The zero-order chi connectivity index (χ0) is 37.6. The van der Waals surface area contributed by atoms with Gasteiger partial charge in [-0.3, -0.25) is 24.0 Å². The Morgan fingerprint density at radius 2 is 1.83 bits per heavy atom. The van der Waals surface area contributed by atoms with E-state index in [1.807, 2.05) is 32.9 Å². The maximum absolute atomic E-state index is 14.2. The number of hydrogen-bond donors (Lipinski definition) is 3. The molecule has 3 N–H and O–H groups in total. The van der Waals surface area contributed by atoms with Crippen molar-refractivity contribution in [3.05, 3.63) is 47.0 Å². The summed E-state index contributed by atoms with van der Waals surface area (Å²) in [7, 11) is -3.88. The van der Waals surface area contributed by atoms with Crippen LogP contribution in [0.5, 0.6) is 0 Å². The third kappa shape index (κ3) is 7.93. The van der Waals surface area contributed by atoms with Gasteiger partial charge in [0.05, 0.1) is 18.4 Å². The van der Waals surface area contributed by atoms with E-state index in [0.29, 0.717) is 37.9 Å². The Morgan fingerprint density at radius 3 is 2.50 bits per heavy atom. The maximum atomic E-state index is 14.2. The molecule has 6 rings (SSSR count). The van der Waals surface area contributed by atoms with Crippen molar-refractivity contribution in [1.82, 2.24) is 25.2 Å². The summed E-state index contributed by atoms with van der Waals surface area (Å²) in [5, 5.41) is 4.77. The van der Waals surface area contributed by atoms with Crippen molar-refractivity contribution in [2.24, 2.45) is 11.3 Å². The van der Waals surface area contributed by atoms with Crippen molar-refractivity contribution < 1.29 is 41.9 Å². The number of aryl methyl sites for hydroxylation is 1. The lowest BCUT2D eigenvalue weighted by Crippen LogP contribution is -2.58. The van der Waals surface area contributed by atoms with Crippen LogP contribution in [0.15, 0.2) is 30.4 Å². The van der Waals surface area contributed by atoms with E-state index in [4.69, 9.17) is 9.47 Å². The van der Waals surface area contributed by atoms with Crippen molar-refractivity contribution in [1.29, 1.82) is 0 Å². The Balaban J connectivity index is 1.26. The van der Waals surface area contributed by atoms with Gasteiger partial charge in [-0.2, -0.15) is 0 Å². The van der Waals surface area contributed by atoms with Gasteiger partial charge in [-0.25, -0.2) is 18.0 Å². The molecular formula is C37H51N5O9S. The molecule has 284 valence electrons. The molecule has 1 saturated heterocycles. The molecule has 2 saturated carbocycles. The molecule has 4 bridgehead atoms. The topological polar surface area (TPSA) is 181 Å². The quantitative estimate of drug-likeness (QED) is 0.353. The Bertz CT molecular complexity index is 1760. The largest absolute Gasteiger partial charge is 0.449 e. The number of fused-ring (bicyclic) bond motifs is 3.